The van der Waals surface area contributed by atoms with Gasteiger partial charge in [0.15, 0.2) is 12.1 Å². The van der Waals surface area contributed by atoms with E-state index in [2.05, 4.69) is 10.3 Å². The molecule has 1 aliphatic carbocycles. The van der Waals surface area contributed by atoms with Crippen molar-refractivity contribution >= 4 is 23.2 Å². The normalized spacial score (nSPS) is 23.1. The predicted molar refractivity (Wildman–Crippen MR) is 97.3 cm³/mol. The van der Waals surface area contributed by atoms with E-state index in [1.165, 1.54) is 17.7 Å². The van der Waals surface area contributed by atoms with Gasteiger partial charge in [-0.3, -0.25) is 9.59 Å². The van der Waals surface area contributed by atoms with E-state index in [-0.39, 0.29) is 5.69 Å². The zero-order chi connectivity index (χ0) is 20.3. The van der Waals surface area contributed by atoms with Gasteiger partial charge in [0, 0.05) is 0 Å². The van der Waals surface area contributed by atoms with E-state index >= 15 is 0 Å². The number of nitrogens with zero attached hydrogens (tertiary/aromatic N) is 4. The van der Waals surface area contributed by atoms with Crippen molar-refractivity contribution in [2.45, 2.75) is 37.5 Å². The summed E-state index contributed by atoms with van der Waals surface area (Å²) >= 11 is 0. The van der Waals surface area contributed by atoms with Crippen LogP contribution in [0.15, 0.2) is 52.8 Å². The molecule has 0 saturated carbocycles. The van der Waals surface area contributed by atoms with Gasteiger partial charge in [-0.15, -0.1) is 0 Å². The second-order valence-electron chi connectivity index (χ2n) is 7.31. The predicted octanol–water partition coefficient (Wildman–Crippen LogP) is 3.69. The van der Waals surface area contributed by atoms with Crippen molar-refractivity contribution < 1.29 is 22.8 Å². The summed E-state index contributed by atoms with van der Waals surface area (Å²) in [6.45, 7) is 0. The summed E-state index contributed by atoms with van der Waals surface area (Å²) in [7, 11) is 0. The Morgan fingerprint density at radius 2 is 1.72 bits per heavy atom. The van der Waals surface area contributed by atoms with Gasteiger partial charge in [-0.2, -0.15) is 18.3 Å². The second-order valence-corrected chi connectivity index (χ2v) is 7.31. The van der Waals surface area contributed by atoms with Crippen LogP contribution in [0.3, 0.4) is 0 Å². The fourth-order valence-corrected chi connectivity index (χ4v) is 4.15. The van der Waals surface area contributed by atoms with Crippen molar-refractivity contribution in [3.63, 3.8) is 0 Å². The summed E-state index contributed by atoms with van der Waals surface area (Å²) < 4.78 is 39.2. The fraction of sp³-hybridized carbons (Fsp3) is 0.300. The number of amides is 2. The van der Waals surface area contributed by atoms with E-state index < -0.39 is 35.6 Å². The summed E-state index contributed by atoms with van der Waals surface area (Å²) in [5, 5.41) is 8.81. The Balaban J connectivity index is 1.49. The standard InChI is InChI=1S/C20H15F3N4O2/c21-20(22,23)13-5-2-6-15(10-13)27-17-16(24-25-27)18(28)26(19(17)29)14-8-7-11-3-1-4-12(11)9-14/h2,5-10,16-17H,1,3-4H2. The fourth-order valence-electron chi connectivity index (χ4n) is 4.15. The molecule has 0 bridgehead atoms. The zero-order valence-corrected chi connectivity index (χ0v) is 15.1. The molecular weight excluding hydrogens is 385 g/mol. The molecule has 5 rings (SSSR count). The third-order valence-corrected chi connectivity index (χ3v) is 5.56. The average Bonchev–Trinajstić information content (AvgIpc) is 3.38. The highest BCUT2D eigenvalue weighted by atomic mass is 19.4. The van der Waals surface area contributed by atoms with Crippen LogP contribution in [0.2, 0.25) is 0 Å². The summed E-state index contributed by atoms with van der Waals surface area (Å²) in [5.74, 6) is -1.06. The van der Waals surface area contributed by atoms with Crippen LogP contribution in [0.4, 0.5) is 24.5 Å². The van der Waals surface area contributed by atoms with Crippen LogP contribution in [0.25, 0.3) is 0 Å². The Kier molecular flexibility index (Phi) is 3.77. The van der Waals surface area contributed by atoms with Crippen molar-refractivity contribution in [3.05, 3.63) is 59.2 Å². The van der Waals surface area contributed by atoms with E-state index in [1.807, 2.05) is 12.1 Å². The van der Waals surface area contributed by atoms with Crippen LogP contribution >= 0.6 is 0 Å². The van der Waals surface area contributed by atoms with Crippen LogP contribution < -0.4 is 9.91 Å². The summed E-state index contributed by atoms with van der Waals surface area (Å²) in [6.07, 6.45) is -1.63. The number of alkyl halides is 3. The van der Waals surface area contributed by atoms with Gasteiger partial charge in [0.1, 0.15) is 0 Å². The smallest absolute Gasteiger partial charge is 0.271 e. The second kappa shape index (κ2) is 6.13. The van der Waals surface area contributed by atoms with Gasteiger partial charge in [-0.25, -0.2) is 9.91 Å². The summed E-state index contributed by atoms with van der Waals surface area (Å²) in [4.78, 5) is 27.0. The van der Waals surface area contributed by atoms with Crippen molar-refractivity contribution in [2.24, 2.45) is 10.3 Å². The van der Waals surface area contributed by atoms with E-state index in [9.17, 15) is 22.8 Å². The first-order valence-electron chi connectivity index (χ1n) is 9.21. The molecule has 9 heteroatoms. The third-order valence-electron chi connectivity index (χ3n) is 5.56. The number of hydrogen-bond acceptors (Lipinski definition) is 5. The zero-order valence-electron chi connectivity index (χ0n) is 15.1. The highest BCUT2D eigenvalue weighted by Gasteiger charge is 2.55. The summed E-state index contributed by atoms with van der Waals surface area (Å²) in [6, 6.07) is 7.82. The number of hydrogen-bond donors (Lipinski definition) is 0. The average molecular weight is 400 g/mol. The third kappa shape index (κ3) is 2.72. The van der Waals surface area contributed by atoms with Gasteiger partial charge in [0.2, 0.25) is 0 Å². The SMILES string of the molecule is O=C1C2N=NN(c3cccc(C(F)(F)F)c3)C2C(=O)N1c1ccc2c(c1)CCC2. The number of carbonyl (C=O) groups excluding carboxylic acids is 2. The molecule has 1 fully saturated rings. The molecule has 0 spiro atoms. The lowest BCUT2D eigenvalue weighted by molar-refractivity contribution is -0.137. The Hall–Kier alpha value is -3.23. The maximum Gasteiger partial charge on any atom is 0.416 e. The largest absolute Gasteiger partial charge is 0.416 e. The molecule has 2 heterocycles. The van der Waals surface area contributed by atoms with Crippen molar-refractivity contribution in [3.8, 4) is 0 Å². The molecule has 2 aliphatic heterocycles. The van der Waals surface area contributed by atoms with E-state index in [1.54, 1.807) is 6.07 Å². The molecule has 6 nitrogen and oxygen atoms in total. The van der Waals surface area contributed by atoms with Gasteiger partial charge >= 0.3 is 6.18 Å². The molecule has 0 radical (unpaired) electrons. The molecule has 1 saturated heterocycles. The minimum absolute atomic E-state index is 0.0630. The number of carbonyl (C=O) groups is 2. The molecule has 2 amide bonds. The molecule has 2 aromatic carbocycles. The Morgan fingerprint density at radius 3 is 2.52 bits per heavy atom. The first-order chi connectivity index (χ1) is 13.8. The molecule has 2 aromatic rings. The van der Waals surface area contributed by atoms with Crippen LogP contribution in [-0.4, -0.2) is 23.9 Å². The maximum absolute atomic E-state index is 13.1. The van der Waals surface area contributed by atoms with Gasteiger partial charge in [0.05, 0.1) is 16.9 Å². The molecule has 3 aliphatic rings. The van der Waals surface area contributed by atoms with E-state index in [0.717, 1.165) is 46.9 Å². The van der Waals surface area contributed by atoms with Gasteiger partial charge in [-0.1, -0.05) is 17.4 Å². The molecule has 0 aromatic heterocycles. The van der Waals surface area contributed by atoms with Gasteiger partial charge in [0.25, 0.3) is 11.8 Å². The topological polar surface area (TPSA) is 65.3 Å². The monoisotopic (exact) mass is 400 g/mol. The first kappa shape index (κ1) is 17.8. The van der Waals surface area contributed by atoms with E-state index in [4.69, 9.17) is 0 Å². The molecule has 29 heavy (non-hydrogen) atoms. The van der Waals surface area contributed by atoms with Crippen molar-refractivity contribution in [1.82, 2.24) is 0 Å². The minimum Gasteiger partial charge on any atom is -0.271 e. The quantitative estimate of drug-likeness (QED) is 0.723. The first-order valence-corrected chi connectivity index (χ1v) is 9.21. The maximum atomic E-state index is 13.1. The number of fused-ring (bicyclic) bond motifs is 2. The minimum atomic E-state index is -4.53. The molecule has 2 atom stereocenters. The summed E-state index contributed by atoms with van der Waals surface area (Å²) in [5.41, 5.74) is 1.98. The number of imide groups is 1. The Labute approximate surface area is 163 Å². The lowest BCUT2D eigenvalue weighted by Crippen LogP contribution is -2.40. The number of aryl methyl sites for hydroxylation is 2. The van der Waals surface area contributed by atoms with Crippen molar-refractivity contribution in [1.29, 1.82) is 0 Å². The van der Waals surface area contributed by atoms with E-state index in [0.29, 0.717) is 5.69 Å². The van der Waals surface area contributed by atoms with Crippen LogP contribution in [-0.2, 0) is 28.6 Å². The van der Waals surface area contributed by atoms with Crippen LogP contribution in [0.1, 0.15) is 23.1 Å². The Bertz CT molecular complexity index is 1070. The number of rotatable bonds is 2. The van der Waals surface area contributed by atoms with Gasteiger partial charge in [-0.05, 0) is 60.7 Å². The lowest BCUT2D eigenvalue weighted by atomic mass is 10.1. The molecule has 2 unspecified atom stereocenters. The Morgan fingerprint density at radius 1 is 0.931 bits per heavy atom. The van der Waals surface area contributed by atoms with Crippen LogP contribution in [0, 0.1) is 0 Å². The molecule has 148 valence electrons. The molecular formula is C20H15F3N4O2. The highest BCUT2D eigenvalue weighted by molar-refractivity contribution is 6.26. The number of benzene rings is 2. The highest BCUT2D eigenvalue weighted by Crippen LogP contribution is 2.38. The lowest BCUT2D eigenvalue weighted by Gasteiger charge is -2.21. The van der Waals surface area contributed by atoms with Gasteiger partial charge < -0.3 is 0 Å². The molecule has 0 N–H and O–H groups in total. The number of anilines is 2. The van der Waals surface area contributed by atoms with Crippen molar-refractivity contribution in [2.75, 3.05) is 9.91 Å². The number of halogens is 3. The van der Waals surface area contributed by atoms with Crippen LogP contribution in [0.5, 0.6) is 0 Å².